The van der Waals surface area contributed by atoms with Crippen LogP contribution >= 0.6 is 0 Å². The van der Waals surface area contributed by atoms with Crippen LogP contribution in [0.1, 0.15) is 12.8 Å². The molecule has 2 aliphatic rings. The van der Waals surface area contributed by atoms with E-state index in [2.05, 4.69) is 10.7 Å². The van der Waals surface area contributed by atoms with E-state index in [0.29, 0.717) is 0 Å². The molecular weight excluding hydrogens is 240 g/mol. The van der Waals surface area contributed by atoms with E-state index in [-0.39, 0.29) is 30.2 Å². The van der Waals surface area contributed by atoms with Crippen LogP contribution in [0.25, 0.3) is 0 Å². The van der Waals surface area contributed by atoms with Gasteiger partial charge in [0.05, 0.1) is 5.57 Å². The van der Waals surface area contributed by atoms with Crippen molar-refractivity contribution >= 4 is 17.8 Å². The zero-order valence-corrected chi connectivity index (χ0v) is 9.34. The van der Waals surface area contributed by atoms with Crippen molar-refractivity contribution < 1.29 is 19.5 Å². The number of carboxylic acid groups (broad SMARTS) is 1. The Labute approximate surface area is 102 Å². The number of likely N-dealkylation sites (tertiary alicyclic amines) is 1. The first-order chi connectivity index (χ1) is 8.50. The monoisotopic (exact) mass is 252 g/mol. The van der Waals surface area contributed by atoms with E-state index in [9.17, 15) is 14.4 Å². The molecule has 18 heavy (non-hydrogen) atoms. The van der Waals surface area contributed by atoms with Gasteiger partial charge >= 0.3 is 5.97 Å². The van der Waals surface area contributed by atoms with Crippen molar-refractivity contribution in [2.45, 2.75) is 18.6 Å². The number of nitrogens with two attached hydrogens (primary N) is 1. The summed E-state index contributed by atoms with van der Waals surface area (Å²) in [5, 5.41) is 11.4. The maximum absolute atomic E-state index is 11.7. The summed E-state index contributed by atoms with van der Waals surface area (Å²) < 4.78 is 0. The Hall–Kier alpha value is -2.19. The van der Waals surface area contributed by atoms with Crippen molar-refractivity contribution in [1.29, 1.82) is 0 Å². The summed E-state index contributed by atoms with van der Waals surface area (Å²) in [6, 6.07) is 0. The number of imide groups is 1. The molecule has 5 N–H and O–H groups in total. The Morgan fingerprint density at radius 1 is 1.44 bits per heavy atom. The lowest BCUT2D eigenvalue weighted by Gasteiger charge is -2.39. The molecule has 8 heteroatoms. The minimum atomic E-state index is -1.40. The van der Waals surface area contributed by atoms with Gasteiger partial charge in [0.1, 0.15) is 0 Å². The molecule has 1 atom stereocenters. The number of hydrogen-bond acceptors (Lipinski definition) is 6. The summed E-state index contributed by atoms with van der Waals surface area (Å²) in [5.74, 6) is 2.11. The number of rotatable bonds is 3. The Morgan fingerprint density at radius 3 is 2.44 bits per heavy atom. The van der Waals surface area contributed by atoms with E-state index in [1.165, 1.54) is 18.4 Å². The number of nitrogens with zero attached hydrogens (tertiary/aromatic N) is 1. The highest BCUT2D eigenvalue weighted by Crippen LogP contribution is 2.23. The largest absolute Gasteiger partial charge is 0.478 e. The third-order valence-electron chi connectivity index (χ3n) is 2.82. The number of hydrazine groups is 1. The molecule has 0 bridgehead atoms. The molecule has 96 valence electrons. The molecule has 2 aliphatic heterocycles. The number of carbonyl (C=O) groups excluding carboxylic acids is 2. The highest BCUT2D eigenvalue weighted by atomic mass is 16.4. The number of amides is 2. The second-order valence-electron chi connectivity index (χ2n) is 3.92. The predicted octanol–water partition coefficient (Wildman–Crippen LogP) is -1.62. The summed E-state index contributed by atoms with van der Waals surface area (Å²) >= 11 is 0. The lowest BCUT2D eigenvalue weighted by Crippen LogP contribution is -2.69. The topological polar surface area (TPSA) is 125 Å². The Kier molecular flexibility index (Phi) is 2.89. The van der Waals surface area contributed by atoms with Crippen LogP contribution in [0.2, 0.25) is 0 Å². The van der Waals surface area contributed by atoms with Gasteiger partial charge in [0.15, 0.2) is 0 Å². The van der Waals surface area contributed by atoms with E-state index in [1.54, 1.807) is 0 Å². The maximum atomic E-state index is 11.7. The zero-order valence-electron chi connectivity index (χ0n) is 9.34. The second-order valence-corrected chi connectivity index (χ2v) is 3.92. The van der Waals surface area contributed by atoms with Crippen LogP contribution in [-0.2, 0) is 14.4 Å². The molecule has 1 fully saturated rings. The average molecular weight is 252 g/mol. The van der Waals surface area contributed by atoms with Crippen LogP contribution in [0.3, 0.4) is 0 Å². The molecule has 0 aromatic carbocycles. The third kappa shape index (κ3) is 1.77. The van der Waals surface area contributed by atoms with Gasteiger partial charge in [-0.2, -0.15) is 0 Å². The van der Waals surface area contributed by atoms with E-state index >= 15 is 0 Å². The molecule has 0 aromatic rings. The van der Waals surface area contributed by atoms with Crippen molar-refractivity contribution in [2.24, 2.45) is 5.84 Å². The fourth-order valence-corrected chi connectivity index (χ4v) is 1.89. The quantitative estimate of drug-likeness (QED) is 0.270. The summed E-state index contributed by atoms with van der Waals surface area (Å²) in [4.78, 5) is 35.0. The molecule has 1 saturated heterocycles. The first kappa shape index (κ1) is 12.3. The molecule has 0 saturated carbocycles. The van der Waals surface area contributed by atoms with E-state index < -0.39 is 11.8 Å². The number of hydrogen-bond donors (Lipinski definition) is 4. The Bertz CT molecular complexity index is 468. The van der Waals surface area contributed by atoms with Crippen molar-refractivity contribution in [3.05, 3.63) is 23.9 Å². The normalized spacial score (nSPS) is 27.2. The van der Waals surface area contributed by atoms with Gasteiger partial charge in [-0.05, 0) is 12.2 Å². The van der Waals surface area contributed by atoms with Crippen molar-refractivity contribution in [1.82, 2.24) is 15.6 Å². The molecule has 1 unspecified atom stereocenters. The lowest BCUT2D eigenvalue weighted by molar-refractivity contribution is -0.146. The second kappa shape index (κ2) is 4.24. The first-order valence-corrected chi connectivity index (χ1v) is 5.24. The lowest BCUT2D eigenvalue weighted by atomic mass is 10.1. The van der Waals surface area contributed by atoms with E-state index in [1.807, 2.05) is 0 Å². The molecule has 0 aliphatic carbocycles. The van der Waals surface area contributed by atoms with E-state index in [0.717, 1.165) is 4.90 Å². The number of carbonyl (C=O) groups is 3. The molecular formula is C10H12N4O4. The van der Waals surface area contributed by atoms with Gasteiger partial charge in [0.25, 0.3) is 0 Å². The number of carboxylic acids is 1. The van der Waals surface area contributed by atoms with Gasteiger partial charge in [-0.25, -0.2) is 15.1 Å². The van der Waals surface area contributed by atoms with Crippen molar-refractivity contribution in [3.8, 4) is 0 Å². The molecule has 0 radical (unpaired) electrons. The Balaban J connectivity index is 2.30. The summed E-state index contributed by atoms with van der Waals surface area (Å²) in [6.45, 7) is 0. The van der Waals surface area contributed by atoms with Crippen molar-refractivity contribution in [3.63, 3.8) is 0 Å². The average Bonchev–Trinajstić information content (AvgIpc) is 2.69. The van der Waals surface area contributed by atoms with E-state index in [4.69, 9.17) is 10.9 Å². The number of nitrogens with one attached hydrogen (secondary N) is 2. The molecule has 2 amide bonds. The first-order valence-electron chi connectivity index (χ1n) is 5.24. The van der Waals surface area contributed by atoms with Gasteiger partial charge in [-0.15, -0.1) is 0 Å². The van der Waals surface area contributed by atoms with Crippen LogP contribution in [0.5, 0.6) is 0 Å². The SMILES string of the molecule is NNC1(N2C(=O)CCC2=O)C=CC(C(=O)O)=CN1. The number of dihydropyridines is 1. The minimum absolute atomic E-state index is 0.0000279. The Morgan fingerprint density at radius 2 is 2.06 bits per heavy atom. The minimum Gasteiger partial charge on any atom is -0.478 e. The van der Waals surface area contributed by atoms with Gasteiger partial charge in [0.2, 0.25) is 17.6 Å². The van der Waals surface area contributed by atoms with Crippen LogP contribution < -0.4 is 16.6 Å². The molecule has 2 heterocycles. The predicted molar refractivity (Wildman–Crippen MR) is 59.1 cm³/mol. The van der Waals surface area contributed by atoms with Gasteiger partial charge in [-0.3, -0.25) is 15.4 Å². The van der Waals surface area contributed by atoms with Crippen LogP contribution in [0.15, 0.2) is 23.9 Å². The summed E-state index contributed by atoms with van der Waals surface area (Å²) in [6.07, 6.45) is 4.02. The standard InChI is InChI=1S/C10H12N4O4/c11-13-10(14-7(15)1-2-8(14)16)4-3-6(5-12-10)9(17)18/h3-5,12-13H,1-2,11H2,(H,17,18). The smallest absolute Gasteiger partial charge is 0.337 e. The molecule has 0 aromatic heterocycles. The highest BCUT2D eigenvalue weighted by molar-refractivity contribution is 6.03. The van der Waals surface area contributed by atoms with Crippen molar-refractivity contribution in [2.75, 3.05) is 0 Å². The summed E-state index contributed by atoms with van der Waals surface area (Å²) in [7, 11) is 0. The van der Waals surface area contributed by atoms with Gasteiger partial charge in [-0.1, -0.05) is 0 Å². The van der Waals surface area contributed by atoms with Gasteiger partial charge < -0.3 is 10.4 Å². The van der Waals surface area contributed by atoms with Crippen LogP contribution in [0, 0.1) is 0 Å². The van der Waals surface area contributed by atoms with Crippen LogP contribution in [-0.4, -0.2) is 33.6 Å². The van der Waals surface area contributed by atoms with Crippen LogP contribution in [0.4, 0.5) is 0 Å². The molecule has 8 nitrogen and oxygen atoms in total. The maximum Gasteiger partial charge on any atom is 0.337 e. The molecule has 2 rings (SSSR count). The zero-order chi connectivity index (χ0) is 13.3. The third-order valence-corrected chi connectivity index (χ3v) is 2.82. The highest BCUT2D eigenvalue weighted by Gasteiger charge is 2.45. The fraction of sp³-hybridized carbons (Fsp3) is 0.300. The molecule has 0 spiro atoms. The number of aliphatic carboxylic acids is 1. The summed E-state index contributed by atoms with van der Waals surface area (Å²) in [5.41, 5.74) is 2.33. The van der Waals surface area contributed by atoms with Gasteiger partial charge in [0, 0.05) is 19.0 Å². The fourth-order valence-electron chi connectivity index (χ4n) is 1.89.